The first-order valence-electron chi connectivity index (χ1n) is 6.44. The molecule has 0 aromatic heterocycles. The second kappa shape index (κ2) is 10.4. The summed E-state index contributed by atoms with van der Waals surface area (Å²) in [5.74, 6) is 0. The van der Waals surface area contributed by atoms with E-state index in [1.165, 1.54) is 25.7 Å². The highest BCUT2D eigenvalue weighted by Crippen LogP contribution is 2.07. The molecule has 0 aliphatic heterocycles. The van der Waals surface area contributed by atoms with Gasteiger partial charge in [-0.25, -0.2) is 0 Å². The molecule has 15 heavy (non-hydrogen) atoms. The average Bonchev–Trinajstić information content (AvgIpc) is 2.28. The van der Waals surface area contributed by atoms with E-state index in [2.05, 4.69) is 19.2 Å². The molecule has 0 fully saturated rings. The minimum atomic E-state index is 0.635. The van der Waals surface area contributed by atoms with Gasteiger partial charge in [-0.2, -0.15) is 0 Å². The first kappa shape index (κ1) is 14.9. The Balaban J connectivity index is 3.77. The fraction of sp³-hybridized carbons (Fsp3) is 1.00. The third kappa shape index (κ3) is 7.77. The molecule has 5 N–H and O–H groups in total. The van der Waals surface area contributed by atoms with Gasteiger partial charge in [0.1, 0.15) is 0 Å². The van der Waals surface area contributed by atoms with Crippen LogP contribution in [0.1, 0.15) is 52.4 Å². The van der Waals surface area contributed by atoms with Crippen LogP contribution in [-0.2, 0) is 0 Å². The van der Waals surface area contributed by atoms with Crippen molar-refractivity contribution < 1.29 is 0 Å². The molecular formula is C12H29N3. The summed E-state index contributed by atoms with van der Waals surface area (Å²) in [5, 5.41) is 3.71. The highest BCUT2D eigenvalue weighted by Gasteiger charge is 2.11. The summed E-state index contributed by atoms with van der Waals surface area (Å²) in [5.41, 5.74) is 11.1. The number of nitrogens with one attached hydrogen (secondary N) is 1. The van der Waals surface area contributed by atoms with Gasteiger partial charge in [0.15, 0.2) is 0 Å². The van der Waals surface area contributed by atoms with Gasteiger partial charge in [-0.1, -0.05) is 13.8 Å². The number of hydrogen-bond acceptors (Lipinski definition) is 3. The van der Waals surface area contributed by atoms with Crippen LogP contribution < -0.4 is 16.8 Å². The van der Waals surface area contributed by atoms with Crippen molar-refractivity contribution in [3.05, 3.63) is 0 Å². The van der Waals surface area contributed by atoms with E-state index in [9.17, 15) is 0 Å². The number of rotatable bonds is 10. The zero-order valence-corrected chi connectivity index (χ0v) is 10.5. The van der Waals surface area contributed by atoms with Crippen molar-refractivity contribution >= 4 is 0 Å². The lowest BCUT2D eigenvalue weighted by Crippen LogP contribution is -2.38. The van der Waals surface area contributed by atoms with Crippen LogP contribution in [0.15, 0.2) is 0 Å². The highest BCUT2D eigenvalue weighted by molar-refractivity contribution is 4.73. The van der Waals surface area contributed by atoms with Gasteiger partial charge in [-0.05, 0) is 51.6 Å². The first-order valence-corrected chi connectivity index (χ1v) is 6.44. The highest BCUT2D eigenvalue weighted by atomic mass is 14.9. The summed E-state index contributed by atoms with van der Waals surface area (Å²) >= 11 is 0. The summed E-state index contributed by atoms with van der Waals surface area (Å²) in [7, 11) is 0. The van der Waals surface area contributed by atoms with Gasteiger partial charge in [0.05, 0.1) is 0 Å². The molecule has 0 aromatic rings. The summed E-state index contributed by atoms with van der Waals surface area (Å²) < 4.78 is 0. The summed E-state index contributed by atoms with van der Waals surface area (Å²) in [6.07, 6.45) is 7.04. The van der Waals surface area contributed by atoms with Crippen molar-refractivity contribution in [2.24, 2.45) is 11.5 Å². The smallest absolute Gasteiger partial charge is 0.00674 e. The van der Waals surface area contributed by atoms with Gasteiger partial charge in [0.2, 0.25) is 0 Å². The molecule has 0 bridgehead atoms. The molecule has 0 aliphatic carbocycles. The topological polar surface area (TPSA) is 64.1 Å². The van der Waals surface area contributed by atoms with E-state index in [4.69, 9.17) is 11.5 Å². The van der Waals surface area contributed by atoms with Crippen molar-refractivity contribution in [1.82, 2.24) is 5.32 Å². The zero-order valence-electron chi connectivity index (χ0n) is 10.5. The molecule has 0 saturated carbocycles. The van der Waals surface area contributed by atoms with Crippen LogP contribution in [0.5, 0.6) is 0 Å². The fourth-order valence-electron chi connectivity index (χ4n) is 1.87. The Morgan fingerprint density at radius 2 is 1.27 bits per heavy atom. The van der Waals surface area contributed by atoms with E-state index in [-0.39, 0.29) is 0 Å². The molecule has 3 nitrogen and oxygen atoms in total. The van der Waals surface area contributed by atoms with Gasteiger partial charge in [0, 0.05) is 12.1 Å². The lowest BCUT2D eigenvalue weighted by atomic mass is 10.0. The predicted molar refractivity (Wildman–Crippen MR) is 67.9 cm³/mol. The maximum absolute atomic E-state index is 5.53. The van der Waals surface area contributed by atoms with Gasteiger partial charge in [0.25, 0.3) is 0 Å². The van der Waals surface area contributed by atoms with Gasteiger partial charge in [-0.15, -0.1) is 0 Å². The van der Waals surface area contributed by atoms with Crippen molar-refractivity contribution in [1.29, 1.82) is 0 Å². The molecule has 2 atom stereocenters. The molecular weight excluding hydrogens is 186 g/mol. The van der Waals surface area contributed by atoms with Crippen LogP contribution >= 0.6 is 0 Å². The van der Waals surface area contributed by atoms with Gasteiger partial charge in [-0.3, -0.25) is 0 Å². The van der Waals surface area contributed by atoms with E-state index in [0.717, 1.165) is 25.9 Å². The second-order valence-corrected chi connectivity index (χ2v) is 4.24. The minimum absolute atomic E-state index is 0.635. The van der Waals surface area contributed by atoms with Crippen LogP contribution in [0.3, 0.4) is 0 Å². The Labute approximate surface area is 95.0 Å². The van der Waals surface area contributed by atoms with E-state index in [1.54, 1.807) is 0 Å². The maximum atomic E-state index is 5.53. The predicted octanol–water partition coefficient (Wildman–Crippen LogP) is 1.61. The molecule has 0 aromatic carbocycles. The lowest BCUT2D eigenvalue weighted by molar-refractivity contribution is 0.366. The molecule has 0 spiro atoms. The largest absolute Gasteiger partial charge is 0.330 e. The molecule has 0 radical (unpaired) electrons. The van der Waals surface area contributed by atoms with Crippen LogP contribution in [0.2, 0.25) is 0 Å². The third-order valence-electron chi connectivity index (χ3n) is 2.97. The zero-order chi connectivity index (χ0) is 11.5. The molecule has 2 unspecified atom stereocenters. The SMILES string of the molecule is CCC(CCCN)NC(CC)CCCN. The number of nitrogens with two attached hydrogens (primary N) is 2. The fourth-order valence-corrected chi connectivity index (χ4v) is 1.87. The standard InChI is InChI=1S/C12H29N3/c1-3-11(7-5-9-13)15-12(4-2)8-6-10-14/h11-12,15H,3-10,13-14H2,1-2H3. The Morgan fingerprint density at radius 3 is 1.53 bits per heavy atom. The molecule has 0 aliphatic rings. The molecule has 0 amide bonds. The van der Waals surface area contributed by atoms with E-state index in [1.807, 2.05) is 0 Å². The average molecular weight is 215 g/mol. The second-order valence-electron chi connectivity index (χ2n) is 4.24. The van der Waals surface area contributed by atoms with E-state index < -0.39 is 0 Å². The Morgan fingerprint density at radius 1 is 0.867 bits per heavy atom. The van der Waals surface area contributed by atoms with Crippen molar-refractivity contribution in [2.45, 2.75) is 64.5 Å². The quantitative estimate of drug-likeness (QED) is 0.519. The Kier molecular flexibility index (Phi) is 10.3. The molecule has 3 heteroatoms. The van der Waals surface area contributed by atoms with Crippen molar-refractivity contribution in [2.75, 3.05) is 13.1 Å². The molecule has 0 saturated heterocycles. The Bertz CT molecular complexity index is 114. The molecule has 92 valence electrons. The molecule has 0 heterocycles. The minimum Gasteiger partial charge on any atom is -0.330 e. The van der Waals surface area contributed by atoms with Crippen molar-refractivity contribution in [3.8, 4) is 0 Å². The normalized spacial score (nSPS) is 15.2. The van der Waals surface area contributed by atoms with Crippen molar-refractivity contribution in [3.63, 3.8) is 0 Å². The number of hydrogen-bond donors (Lipinski definition) is 3. The van der Waals surface area contributed by atoms with Crippen LogP contribution in [0.4, 0.5) is 0 Å². The Hall–Kier alpha value is -0.120. The first-order chi connectivity index (χ1) is 7.28. The lowest BCUT2D eigenvalue weighted by Gasteiger charge is -2.24. The van der Waals surface area contributed by atoms with Crippen LogP contribution in [0, 0.1) is 0 Å². The van der Waals surface area contributed by atoms with Gasteiger partial charge >= 0.3 is 0 Å². The van der Waals surface area contributed by atoms with Crippen LogP contribution in [-0.4, -0.2) is 25.2 Å². The third-order valence-corrected chi connectivity index (χ3v) is 2.97. The van der Waals surface area contributed by atoms with E-state index >= 15 is 0 Å². The monoisotopic (exact) mass is 215 g/mol. The van der Waals surface area contributed by atoms with Crippen LogP contribution in [0.25, 0.3) is 0 Å². The van der Waals surface area contributed by atoms with Gasteiger partial charge < -0.3 is 16.8 Å². The maximum Gasteiger partial charge on any atom is 0.00674 e. The summed E-state index contributed by atoms with van der Waals surface area (Å²) in [6.45, 7) is 6.09. The summed E-state index contributed by atoms with van der Waals surface area (Å²) in [6, 6.07) is 1.27. The van der Waals surface area contributed by atoms with E-state index in [0.29, 0.717) is 12.1 Å². The summed E-state index contributed by atoms with van der Waals surface area (Å²) in [4.78, 5) is 0. The molecule has 0 rings (SSSR count).